The molecule has 1 heterocycles. The Morgan fingerprint density at radius 1 is 1.04 bits per heavy atom. The lowest BCUT2D eigenvalue weighted by Crippen LogP contribution is -2.47. The third-order valence-corrected chi connectivity index (χ3v) is 9.93. The monoisotopic (exact) mass is 721 g/mol. The topological polar surface area (TPSA) is 185 Å². The SMILES string of the molecule is COCCCOc1cc(CC(C[C@H]2[C@H](CC(C(=O)NCC(C)(C)C(N)=O)C(C)C)OCN2C(=O)OCOC(=O)C2(O)CC2)C(C)C)ccc1OC. The van der Waals surface area contributed by atoms with Gasteiger partial charge in [-0.2, -0.15) is 0 Å². The van der Waals surface area contributed by atoms with Crippen LogP contribution in [0.1, 0.15) is 79.2 Å². The first-order valence-electron chi connectivity index (χ1n) is 17.8. The summed E-state index contributed by atoms with van der Waals surface area (Å²) in [5, 5.41) is 12.9. The highest BCUT2D eigenvalue weighted by Crippen LogP contribution is 2.37. The maximum absolute atomic E-state index is 13.5. The fourth-order valence-electron chi connectivity index (χ4n) is 5.96. The first-order valence-corrected chi connectivity index (χ1v) is 17.8. The van der Waals surface area contributed by atoms with Crippen molar-refractivity contribution in [3.8, 4) is 11.5 Å². The van der Waals surface area contributed by atoms with E-state index in [-0.39, 0.29) is 36.9 Å². The molecule has 288 valence electrons. The van der Waals surface area contributed by atoms with Crippen LogP contribution in [-0.4, -0.2) is 99.1 Å². The highest BCUT2D eigenvalue weighted by molar-refractivity contribution is 5.83. The fourth-order valence-corrected chi connectivity index (χ4v) is 5.96. The van der Waals surface area contributed by atoms with E-state index in [1.807, 2.05) is 32.0 Å². The molecular formula is C37H59N3O11. The lowest BCUT2D eigenvalue weighted by molar-refractivity contribution is -0.165. The number of ether oxygens (including phenoxy) is 6. The maximum atomic E-state index is 13.5. The third-order valence-electron chi connectivity index (χ3n) is 9.93. The summed E-state index contributed by atoms with van der Waals surface area (Å²) in [4.78, 5) is 52.4. The van der Waals surface area contributed by atoms with Crippen molar-refractivity contribution in [1.82, 2.24) is 10.2 Å². The lowest BCUT2D eigenvalue weighted by atomic mass is 9.80. The van der Waals surface area contributed by atoms with Crippen molar-refractivity contribution in [2.24, 2.45) is 34.8 Å². The van der Waals surface area contributed by atoms with Gasteiger partial charge in [-0.05, 0) is 81.4 Å². The average molecular weight is 722 g/mol. The minimum Gasteiger partial charge on any atom is -0.493 e. The molecule has 0 bridgehead atoms. The highest BCUT2D eigenvalue weighted by atomic mass is 16.7. The van der Waals surface area contributed by atoms with Crippen LogP contribution < -0.4 is 20.5 Å². The molecular weight excluding hydrogens is 662 g/mol. The van der Waals surface area contributed by atoms with Gasteiger partial charge in [-0.3, -0.25) is 14.5 Å². The van der Waals surface area contributed by atoms with Gasteiger partial charge in [0, 0.05) is 32.6 Å². The summed E-state index contributed by atoms with van der Waals surface area (Å²) in [5.74, 6) is -0.629. The summed E-state index contributed by atoms with van der Waals surface area (Å²) in [6, 6.07) is 5.38. The summed E-state index contributed by atoms with van der Waals surface area (Å²) < 4.78 is 33.3. The minimum atomic E-state index is -1.50. The van der Waals surface area contributed by atoms with E-state index in [1.165, 1.54) is 4.90 Å². The van der Waals surface area contributed by atoms with Crippen LogP contribution in [0, 0.1) is 29.1 Å². The molecule has 0 aromatic heterocycles. The van der Waals surface area contributed by atoms with Gasteiger partial charge in [0.25, 0.3) is 0 Å². The Hall–Kier alpha value is -3.62. The normalized spacial score (nSPS) is 19.4. The molecule has 1 aliphatic heterocycles. The van der Waals surface area contributed by atoms with Crippen molar-refractivity contribution in [1.29, 1.82) is 0 Å². The number of amides is 3. The number of nitrogens with two attached hydrogens (primary N) is 1. The quantitative estimate of drug-likeness (QED) is 0.0953. The third kappa shape index (κ3) is 12.0. The van der Waals surface area contributed by atoms with Gasteiger partial charge in [-0.25, -0.2) is 9.59 Å². The van der Waals surface area contributed by atoms with Crippen molar-refractivity contribution in [2.45, 2.75) is 97.8 Å². The Bertz CT molecular complexity index is 1330. The number of esters is 1. The van der Waals surface area contributed by atoms with Gasteiger partial charge in [0.2, 0.25) is 18.6 Å². The molecule has 4 N–H and O–H groups in total. The van der Waals surface area contributed by atoms with E-state index < -0.39 is 53.8 Å². The van der Waals surface area contributed by atoms with E-state index in [0.717, 1.165) is 12.0 Å². The second kappa shape index (κ2) is 18.7. The lowest BCUT2D eigenvalue weighted by Gasteiger charge is -2.33. The zero-order valence-electron chi connectivity index (χ0n) is 31.5. The van der Waals surface area contributed by atoms with Crippen molar-refractivity contribution in [2.75, 3.05) is 47.5 Å². The summed E-state index contributed by atoms with van der Waals surface area (Å²) >= 11 is 0. The van der Waals surface area contributed by atoms with Crippen LogP contribution in [0.3, 0.4) is 0 Å². The predicted molar refractivity (Wildman–Crippen MR) is 188 cm³/mol. The first-order chi connectivity index (χ1) is 24.0. The molecule has 1 aliphatic carbocycles. The molecule has 51 heavy (non-hydrogen) atoms. The van der Waals surface area contributed by atoms with E-state index in [1.54, 1.807) is 28.1 Å². The van der Waals surface area contributed by atoms with Crippen LogP contribution in [0.25, 0.3) is 0 Å². The van der Waals surface area contributed by atoms with Gasteiger partial charge in [-0.1, -0.05) is 33.8 Å². The number of carbonyl (C=O) groups excluding carboxylic acids is 4. The number of rotatable bonds is 21. The van der Waals surface area contributed by atoms with Crippen LogP contribution in [0.15, 0.2) is 18.2 Å². The molecule has 14 heteroatoms. The van der Waals surface area contributed by atoms with Crippen molar-refractivity contribution in [3.63, 3.8) is 0 Å². The number of hydrogen-bond acceptors (Lipinski definition) is 11. The van der Waals surface area contributed by atoms with E-state index in [0.29, 0.717) is 56.8 Å². The zero-order chi connectivity index (χ0) is 37.9. The zero-order valence-corrected chi connectivity index (χ0v) is 31.5. The largest absolute Gasteiger partial charge is 0.493 e. The standard InChI is InChI=1S/C37H59N3O11/c1-23(2)26(16-25-10-11-29(47-8)31(17-25)48-15-9-14-46-7)18-28-30(19-27(24(3)4)32(41)39-20-36(5,6)33(38)42)49-21-40(28)35(44)51-22-50-34(43)37(45)12-13-37/h10-11,17,23-24,26-28,30,45H,9,12-16,18-22H2,1-8H3,(H2,38,42)(H,39,41)/t26?,27?,28-,30-/m0/s1. The number of primary amides is 1. The van der Waals surface area contributed by atoms with Crippen LogP contribution >= 0.6 is 0 Å². The highest BCUT2D eigenvalue weighted by Gasteiger charge is 2.50. The predicted octanol–water partition coefficient (Wildman–Crippen LogP) is 3.79. The van der Waals surface area contributed by atoms with Gasteiger partial charge in [0.05, 0.1) is 31.3 Å². The maximum Gasteiger partial charge on any atom is 0.414 e. The van der Waals surface area contributed by atoms with Gasteiger partial charge < -0.3 is 44.6 Å². The summed E-state index contributed by atoms with van der Waals surface area (Å²) in [7, 11) is 3.24. The van der Waals surface area contributed by atoms with Crippen LogP contribution in [0.5, 0.6) is 11.5 Å². The average Bonchev–Trinajstić information content (AvgIpc) is 3.71. The Balaban J connectivity index is 1.82. The van der Waals surface area contributed by atoms with E-state index in [9.17, 15) is 24.3 Å². The Morgan fingerprint density at radius 3 is 2.33 bits per heavy atom. The summed E-state index contributed by atoms with van der Waals surface area (Å²) in [6.45, 7) is 11.9. The Morgan fingerprint density at radius 2 is 1.75 bits per heavy atom. The summed E-state index contributed by atoms with van der Waals surface area (Å²) in [6.07, 6.45) is 1.58. The molecule has 1 aromatic carbocycles. The Kier molecular flexibility index (Phi) is 15.4. The molecule has 4 atom stereocenters. The number of benzene rings is 1. The van der Waals surface area contributed by atoms with Crippen molar-refractivity contribution < 1.29 is 52.7 Å². The number of nitrogens with one attached hydrogen (secondary N) is 1. The molecule has 3 rings (SSSR count). The smallest absolute Gasteiger partial charge is 0.414 e. The first kappa shape index (κ1) is 41.8. The van der Waals surface area contributed by atoms with Gasteiger partial charge >= 0.3 is 12.1 Å². The molecule has 14 nitrogen and oxygen atoms in total. The molecule has 1 saturated carbocycles. The molecule has 0 spiro atoms. The second-order valence-electron chi connectivity index (χ2n) is 15.0. The van der Waals surface area contributed by atoms with E-state index >= 15 is 0 Å². The van der Waals surface area contributed by atoms with Crippen molar-refractivity contribution >= 4 is 23.9 Å². The van der Waals surface area contributed by atoms with Crippen LogP contribution in [0.4, 0.5) is 4.79 Å². The number of aliphatic hydroxyl groups is 1. The second-order valence-corrected chi connectivity index (χ2v) is 15.0. The number of carbonyl (C=O) groups is 4. The molecule has 2 aliphatic rings. The fraction of sp³-hybridized carbons (Fsp3) is 0.730. The van der Waals surface area contributed by atoms with E-state index in [2.05, 4.69) is 19.2 Å². The minimum absolute atomic E-state index is 0.0638. The van der Waals surface area contributed by atoms with Gasteiger partial charge in [0.15, 0.2) is 17.1 Å². The van der Waals surface area contributed by atoms with Crippen LogP contribution in [0.2, 0.25) is 0 Å². The number of nitrogens with zero attached hydrogens (tertiary/aromatic N) is 1. The summed E-state index contributed by atoms with van der Waals surface area (Å²) in [5.41, 5.74) is 4.12. The molecule has 2 unspecified atom stereocenters. The number of methoxy groups -OCH3 is 2. The molecule has 1 saturated heterocycles. The molecule has 2 fully saturated rings. The Labute approximate surface area is 302 Å². The van der Waals surface area contributed by atoms with E-state index in [4.69, 9.17) is 34.2 Å². The van der Waals surface area contributed by atoms with Gasteiger partial charge in [-0.15, -0.1) is 0 Å². The van der Waals surface area contributed by atoms with Crippen molar-refractivity contribution in [3.05, 3.63) is 23.8 Å². The molecule has 3 amide bonds. The van der Waals surface area contributed by atoms with Crippen LogP contribution in [-0.2, 0) is 39.8 Å². The molecule has 1 aromatic rings. The molecule has 0 radical (unpaired) electrons. The van der Waals surface area contributed by atoms with Gasteiger partial charge in [0.1, 0.15) is 6.73 Å². The number of hydrogen-bond donors (Lipinski definition) is 3.